The molecular formula is C21H17F3N2O. The van der Waals surface area contributed by atoms with Gasteiger partial charge in [-0.3, -0.25) is 0 Å². The first-order valence-corrected chi connectivity index (χ1v) is 8.27. The van der Waals surface area contributed by atoms with Crippen LogP contribution in [0.2, 0.25) is 0 Å². The molecule has 1 atom stereocenters. The van der Waals surface area contributed by atoms with Gasteiger partial charge < -0.3 is 15.4 Å². The second-order valence-electron chi connectivity index (χ2n) is 5.91. The number of para-hydroxylation sites is 2. The molecule has 0 saturated carbocycles. The van der Waals surface area contributed by atoms with Crippen LogP contribution >= 0.6 is 0 Å². The average molecular weight is 370 g/mol. The molecule has 0 heterocycles. The standard InChI is InChI=1S/C21H17F3N2O/c22-21(23,24)15-10-12-17(13-11-15)26-20(14-27)18-8-4-5-9-19(18)25-16-6-2-1-3-7-16/h1-14,20,25-26H. The molecule has 2 N–H and O–H groups in total. The molecule has 3 rings (SSSR count). The van der Waals surface area contributed by atoms with E-state index in [0.29, 0.717) is 11.3 Å². The van der Waals surface area contributed by atoms with Gasteiger partial charge in [0.1, 0.15) is 12.3 Å². The highest BCUT2D eigenvalue weighted by Gasteiger charge is 2.30. The Balaban J connectivity index is 1.83. The van der Waals surface area contributed by atoms with Crippen molar-refractivity contribution in [2.45, 2.75) is 12.2 Å². The van der Waals surface area contributed by atoms with Crippen molar-refractivity contribution >= 4 is 23.3 Å². The summed E-state index contributed by atoms with van der Waals surface area (Å²) in [6.45, 7) is 0. The highest BCUT2D eigenvalue weighted by atomic mass is 19.4. The Morgan fingerprint density at radius 1 is 0.778 bits per heavy atom. The second kappa shape index (κ2) is 7.95. The molecule has 1 unspecified atom stereocenters. The predicted molar refractivity (Wildman–Crippen MR) is 100 cm³/mol. The van der Waals surface area contributed by atoms with Crippen molar-refractivity contribution < 1.29 is 18.0 Å². The van der Waals surface area contributed by atoms with Crippen molar-refractivity contribution in [3.05, 3.63) is 90.0 Å². The van der Waals surface area contributed by atoms with Crippen molar-refractivity contribution in [3.8, 4) is 0 Å². The molecule has 3 aromatic rings. The fourth-order valence-corrected chi connectivity index (χ4v) is 2.68. The Morgan fingerprint density at radius 3 is 2.04 bits per heavy atom. The van der Waals surface area contributed by atoms with E-state index in [1.54, 1.807) is 12.1 Å². The highest BCUT2D eigenvalue weighted by molar-refractivity contribution is 5.74. The summed E-state index contributed by atoms with van der Waals surface area (Å²) >= 11 is 0. The van der Waals surface area contributed by atoms with Gasteiger partial charge in [-0.2, -0.15) is 13.2 Å². The Bertz CT molecular complexity index is 893. The van der Waals surface area contributed by atoms with Gasteiger partial charge in [-0.15, -0.1) is 0 Å². The number of nitrogens with one attached hydrogen (secondary N) is 2. The molecule has 0 aliphatic carbocycles. The molecular weight excluding hydrogens is 353 g/mol. The number of hydrogen-bond donors (Lipinski definition) is 2. The number of rotatable bonds is 6. The van der Waals surface area contributed by atoms with Crippen LogP contribution < -0.4 is 10.6 Å². The molecule has 0 fully saturated rings. The van der Waals surface area contributed by atoms with Crippen LogP contribution in [0.15, 0.2) is 78.9 Å². The number of carbonyl (C=O) groups is 1. The van der Waals surface area contributed by atoms with Gasteiger partial charge in [-0.1, -0.05) is 36.4 Å². The van der Waals surface area contributed by atoms with E-state index in [2.05, 4.69) is 10.6 Å². The summed E-state index contributed by atoms with van der Waals surface area (Å²) in [6.07, 6.45) is -3.67. The summed E-state index contributed by atoms with van der Waals surface area (Å²) in [6, 6.07) is 20.6. The SMILES string of the molecule is O=CC(Nc1ccc(C(F)(F)F)cc1)c1ccccc1Nc1ccccc1. The van der Waals surface area contributed by atoms with Gasteiger partial charge in [-0.05, 0) is 42.5 Å². The normalized spacial score (nSPS) is 12.3. The molecule has 6 heteroatoms. The van der Waals surface area contributed by atoms with Crippen LogP contribution in [0.4, 0.5) is 30.2 Å². The summed E-state index contributed by atoms with van der Waals surface area (Å²) in [7, 11) is 0. The molecule has 138 valence electrons. The monoisotopic (exact) mass is 370 g/mol. The van der Waals surface area contributed by atoms with Crippen LogP contribution in [-0.2, 0) is 11.0 Å². The number of carbonyl (C=O) groups excluding carboxylic acids is 1. The van der Waals surface area contributed by atoms with Crippen LogP contribution in [-0.4, -0.2) is 6.29 Å². The largest absolute Gasteiger partial charge is 0.416 e. The van der Waals surface area contributed by atoms with Gasteiger partial charge in [0, 0.05) is 22.6 Å². The van der Waals surface area contributed by atoms with Crippen LogP contribution in [0, 0.1) is 0 Å². The van der Waals surface area contributed by atoms with Crippen LogP contribution in [0.1, 0.15) is 17.2 Å². The minimum Gasteiger partial charge on any atom is -0.372 e. The average Bonchev–Trinajstić information content (AvgIpc) is 2.67. The smallest absolute Gasteiger partial charge is 0.372 e. The third-order valence-electron chi connectivity index (χ3n) is 4.02. The fraction of sp³-hybridized carbons (Fsp3) is 0.0952. The first-order chi connectivity index (χ1) is 13.0. The zero-order chi connectivity index (χ0) is 19.3. The van der Waals surface area contributed by atoms with Crippen molar-refractivity contribution in [2.75, 3.05) is 10.6 Å². The number of halogens is 3. The zero-order valence-electron chi connectivity index (χ0n) is 14.2. The molecule has 0 aliphatic rings. The first-order valence-electron chi connectivity index (χ1n) is 8.27. The molecule has 3 nitrogen and oxygen atoms in total. The lowest BCUT2D eigenvalue weighted by Crippen LogP contribution is -2.14. The van der Waals surface area contributed by atoms with Crippen molar-refractivity contribution in [2.24, 2.45) is 0 Å². The maximum Gasteiger partial charge on any atom is 0.416 e. The Morgan fingerprint density at radius 2 is 1.41 bits per heavy atom. The zero-order valence-corrected chi connectivity index (χ0v) is 14.2. The lowest BCUT2D eigenvalue weighted by Gasteiger charge is -2.19. The molecule has 0 bridgehead atoms. The van der Waals surface area contributed by atoms with E-state index in [4.69, 9.17) is 0 Å². The van der Waals surface area contributed by atoms with E-state index < -0.39 is 17.8 Å². The fourth-order valence-electron chi connectivity index (χ4n) is 2.68. The maximum atomic E-state index is 12.7. The van der Waals surface area contributed by atoms with E-state index in [1.807, 2.05) is 42.5 Å². The van der Waals surface area contributed by atoms with Gasteiger partial charge in [0.2, 0.25) is 0 Å². The van der Waals surface area contributed by atoms with E-state index in [1.165, 1.54) is 12.1 Å². The van der Waals surface area contributed by atoms with E-state index in [-0.39, 0.29) is 0 Å². The maximum absolute atomic E-state index is 12.7. The number of hydrogen-bond acceptors (Lipinski definition) is 3. The highest BCUT2D eigenvalue weighted by Crippen LogP contribution is 2.31. The van der Waals surface area contributed by atoms with Gasteiger partial charge in [0.25, 0.3) is 0 Å². The van der Waals surface area contributed by atoms with Crippen LogP contribution in [0.25, 0.3) is 0 Å². The molecule has 0 saturated heterocycles. The number of anilines is 3. The molecule has 3 aromatic carbocycles. The van der Waals surface area contributed by atoms with Crippen molar-refractivity contribution in [3.63, 3.8) is 0 Å². The third kappa shape index (κ3) is 4.67. The predicted octanol–water partition coefficient (Wildman–Crippen LogP) is 5.80. The Hall–Kier alpha value is -3.28. The third-order valence-corrected chi connectivity index (χ3v) is 4.02. The Labute approximate surface area is 154 Å². The van der Waals surface area contributed by atoms with E-state index in [9.17, 15) is 18.0 Å². The van der Waals surface area contributed by atoms with Crippen LogP contribution in [0.3, 0.4) is 0 Å². The Kier molecular flexibility index (Phi) is 5.45. The summed E-state index contributed by atoms with van der Waals surface area (Å²) in [5, 5.41) is 6.23. The van der Waals surface area contributed by atoms with E-state index in [0.717, 1.165) is 29.8 Å². The quantitative estimate of drug-likeness (QED) is 0.539. The lowest BCUT2D eigenvalue weighted by atomic mass is 10.0. The molecule has 0 amide bonds. The summed E-state index contributed by atoms with van der Waals surface area (Å²) < 4.78 is 38.1. The second-order valence-corrected chi connectivity index (χ2v) is 5.91. The molecule has 0 aliphatic heterocycles. The molecule has 27 heavy (non-hydrogen) atoms. The number of aldehydes is 1. The summed E-state index contributed by atoms with van der Waals surface area (Å²) in [5.74, 6) is 0. The minimum absolute atomic E-state index is 0.426. The topological polar surface area (TPSA) is 41.1 Å². The minimum atomic E-state index is -4.39. The first kappa shape index (κ1) is 18.5. The van der Waals surface area contributed by atoms with Crippen molar-refractivity contribution in [1.82, 2.24) is 0 Å². The van der Waals surface area contributed by atoms with Gasteiger partial charge in [-0.25, -0.2) is 0 Å². The van der Waals surface area contributed by atoms with Gasteiger partial charge in [0.05, 0.1) is 5.56 Å². The number of alkyl halides is 3. The molecule has 0 spiro atoms. The summed E-state index contributed by atoms with van der Waals surface area (Å²) in [5.41, 5.74) is 1.98. The molecule has 0 aromatic heterocycles. The van der Waals surface area contributed by atoms with Crippen molar-refractivity contribution in [1.29, 1.82) is 0 Å². The number of benzene rings is 3. The molecule has 0 radical (unpaired) electrons. The lowest BCUT2D eigenvalue weighted by molar-refractivity contribution is -0.137. The van der Waals surface area contributed by atoms with Gasteiger partial charge in [0.15, 0.2) is 0 Å². The van der Waals surface area contributed by atoms with E-state index >= 15 is 0 Å². The van der Waals surface area contributed by atoms with Crippen LogP contribution in [0.5, 0.6) is 0 Å². The van der Waals surface area contributed by atoms with Gasteiger partial charge >= 0.3 is 6.18 Å². The summed E-state index contributed by atoms with van der Waals surface area (Å²) in [4.78, 5) is 11.7.